The molecule has 0 bridgehead atoms. The van der Waals surface area contributed by atoms with Crippen molar-refractivity contribution in [3.05, 3.63) is 24.5 Å². The average molecular weight is 270 g/mol. The van der Waals surface area contributed by atoms with Crippen LogP contribution in [0.2, 0.25) is 0 Å². The Morgan fingerprint density at radius 1 is 1.21 bits per heavy atom. The van der Waals surface area contributed by atoms with E-state index in [2.05, 4.69) is 15.3 Å². The van der Waals surface area contributed by atoms with Gasteiger partial charge in [-0.05, 0) is 24.6 Å². The zero-order valence-electron chi connectivity index (χ0n) is 10.0. The van der Waals surface area contributed by atoms with Crippen molar-refractivity contribution in [1.82, 2.24) is 9.97 Å². The number of nitrogens with zero attached hydrogens (tertiary/aromatic N) is 2. The minimum absolute atomic E-state index is 0.00394. The second-order valence-corrected chi connectivity index (χ2v) is 4.14. The lowest BCUT2D eigenvalue weighted by atomic mass is 10.2. The minimum atomic E-state index is -4.12. The molecule has 2 aromatic rings. The Bertz CT molecular complexity index is 568. The lowest BCUT2D eigenvalue weighted by Gasteiger charge is -2.09. The molecule has 2 rings (SSSR count). The van der Waals surface area contributed by atoms with Gasteiger partial charge in [0.25, 0.3) is 0 Å². The van der Waals surface area contributed by atoms with Crippen molar-refractivity contribution in [3.8, 4) is 0 Å². The molecule has 1 aromatic carbocycles. The van der Waals surface area contributed by atoms with Gasteiger partial charge in [0.1, 0.15) is 12.1 Å². The van der Waals surface area contributed by atoms with Gasteiger partial charge in [-0.1, -0.05) is 0 Å². The molecule has 19 heavy (non-hydrogen) atoms. The standard InChI is InChI=1S/C12H13F3N4/c13-12(14,15)4-1-5-17-11-9-3-2-8(16)6-10(9)18-7-19-11/h2-3,6-7H,1,4-5,16H2,(H,17,18,19). The molecular weight excluding hydrogens is 257 g/mol. The average Bonchev–Trinajstić information content (AvgIpc) is 2.33. The highest BCUT2D eigenvalue weighted by Gasteiger charge is 2.25. The number of anilines is 2. The molecule has 0 fully saturated rings. The largest absolute Gasteiger partial charge is 0.399 e. The second-order valence-electron chi connectivity index (χ2n) is 4.14. The summed E-state index contributed by atoms with van der Waals surface area (Å²) in [5, 5.41) is 3.63. The van der Waals surface area contributed by atoms with Gasteiger partial charge in [0.2, 0.25) is 0 Å². The van der Waals surface area contributed by atoms with Gasteiger partial charge in [-0.15, -0.1) is 0 Å². The molecule has 1 heterocycles. The fourth-order valence-electron chi connectivity index (χ4n) is 1.71. The van der Waals surface area contributed by atoms with Gasteiger partial charge < -0.3 is 11.1 Å². The summed E-state index contributed by atoms with van der Waals surface area (Å²) in [7, 11) is 0. The molecule has 0 atom stereocenters. The van der Waals surface area contributed by atoms with Crippen molar-refractivity contribution in [2.75, 3.05) is 17.6 Å². The first kappa shape index (κ1) is 13.4. The zero-order chi connectivity index (χ0) is 13.9. The molecule has 0 saturated carbocycles. The van der Waals surface area contributed by atoms with Gasteiger partial charge in [0, 0.05) is 24.0 Å². The molecule has 0 spiro atoms. The van der Waals surface area contributed by atoms with E-state index in [-0.39, 0.29) is 13.0 Å². The molecule has 0 aliphatic carbocycles. The molecule has 0 aliphatic rings. The Morgan fingerprint density at radius 3 is 2.74 bits per heavy atom. The van der Waals surface area contributed by atoms with Crippen molar-refractivity contribution >= 4 is 22.4 Å². The van der Waals surface area contributed by atoms with E-state index in [0.717, 1.165) is 5.39 Å². The van der Waals surface area contributed by atoms with Crippen molar-refractivity contribution in [3.63, 3.8) is 0 Å². The summed E-state index contributed by atoms with van der Waals surface area (Å²) in [4.78, 5) is 8.09. The van der Waals surface area contributed by atoms with E-state index >= 15 is 0 Å². The van der Waals surface area contributed by atoms with Crippen molar-refractivity contribution in [2.24, 2.45) is 0 Å². The van der Waals surface area contributed by atoms with Crippen LogP contribution in [0.15, 0.2) is 24.5 Å². The lowest BCUT2D eigenvalue weighted by molar-refractivity contribution is -0.134. The van der Waals surface area contributed by atoms with Crippen molar-refractivity contribution in [1.29, 1.82) is 0 Å². The number of rotatable bonds is 4. The quantitative estimate of drug-likeness (QED) is 0.662. The molecule has 1 aromatic heterocycles. The van der Waals surface area contributed by atoms with Crippen molar-refractivity contribution in [2.45, 2.75) is 19.0 Å². The number of alkyl halides is 3. The summed E-state index contributed by atoms with van der Waals surface area (Å²) >= 11 is 0. The third-order valence-electron chi connectivity index (χ3n) is 2.59. The van der Waals surface area contributed by atoms with E-state index in [1.807, 2.05) is 0 Å². The van der Waals surface area contributed by atoms with Gasteiger partial charge in [0.05, 0.1) is 5.52 Å². The van der Waals surface area contributed by atoms with Crippen LogP contribution in [0.5, 0.6) is 0 Å². The first-order valence-electron chi connectivity index (χ1n) is 5.76. The van der Waals surface area contributed by atoms with Crippen LogP contribution in [0.3, 0.4) is 0 Å². The van der Waals surface area contributed by atoms with Gasteiger partial charge in [-0.25, -0.2) is 9.97 Å². The van der Waals surface area contributed by atoms with Crippen LogP contribution in [0.1, 0.15) is 12.8 Å². The molecular formula is C12H13F3N4. The Hall–Kier alpha value is -2.05. The summed E-state index contributed by atoms with van der Waals surface area (Å²) in [5.74, 6) is 0.521. The molecule has 0 unspecified atom stereocenters. The smallest absolute Gasteiger partial charge is 0.389 e. The van der Waals surface area contributed by atoms with Crippen LogP contribution in [0.4, 0.5) is 24.7 Å². The summed E-state index contributed by atoms with van der Waals surface area (Å²) in [6, 6.07) is 5.14. The number of nitrogen functional groups attached to an aromatic ring is 1. The molecule has 4 nitrogen and oxygen atoms in total. The number of nitrogens with one attached hydrogen (secondary N) is 1. The number of hydrogen-bond donors (Lipinski definition) is 2. The highest BCUT2D eigenvalue weighted by atomic mass is 19.4. The summed E-state index contributed by atoms with van der Waals surface area (Å²) in [6.45, 7) is 0.204. The molecule has 0 saturated heterocycles. The van der Waals surface area contributed by atoms with E-state index in [1.165, 1.54) is 6.33 Å². The Kier molecular flexibility index (Phi) is 3.73. The topological polar surface area (TPSA) is 63.8 Å². The van der Waals surface area contributed by atoms with Crippen LogP contribution < -0.4 is 11.1 Å². The number of fused-ring (bicyclic) bond motifs is 1. The third-order valence-corrected chi connectivity index (χ3v) is 2.59. The fraction of sp³-hybridized carbons (Fsp3) is 0.333. The van der Waals surface area contributed by atoms with Crippen molar-refractivity contribution < 1.29 is 13.2 Å². The Balaban J connectivity index is 2.05. The minimum Gasteiger partial charge on any atom is -0.399 e. The van der Waals surface area contributed by atoms with Crippen LogP contribution in [-0.4, -0.2) is 22.7 Å². The van der Waals surface area contributed by atoms with Gasteiger partial charge >= 0.3 is 6.18 Å². The highest BCUT2D eigenvalue weighted by Crippen LogP contribution is 2.23. The van der Waals surface area contributed by atoms with E-state index in [1.54, 1.807) is 18.2 Å². The maximum atomic E-state index is 12.0. The predicted octanol–water partition coefficient (Wildman–Crippen LogP) is 2.97. The molecule has 0 radical (unpaired) electrons. The number of aromatic nitrogens is 2. The Morgan fingerprint density at radius 2 is 2.00 bits per heavy atom. The molecule has 102 valence electrons. The van der Waals surface area contributed by atoms with Crippen LogP contribution in [0.25, 0.3) is 10.9 Å². The first-order valence-corrected chi connectivity index (χ1v) is 5.76. The van der Waals surface area contributed by atoms with Crippen LogP contribution >= 0.6 is 0 Å². The normalized spacial score (nSPS) is 11.7. The molecule has 7 heteroatoms. The maximum absolute atomic E-state index is 12.0. The fourth-order valence-corrected chi connectivity index (χ4v) is 1.71. The monoisotopic (exact) mass is 270 g/mol. The maximum Gasteiger partial charge on any atom is 0.389 e. The van der Waals surface area contributed by atoms with Gasteiger partial charge in [-0.2, -0.15) is 13.2 Å². The SMILES string of the molecule is Nc1ccc2c(NCCCC(F)(F)F)ncnc2c1. The van der Waals surface area contributed by atoms with Gasteiger partial charge in [-0.3, -0.25) is 0 Å². The molecule has 0 amide bonds. The van der Waals surface area contributed by atoms with Crippen LogP contribution in [0, 0.1) is 0 Å². The molecule has 0 aliphatic heterocycles. The van der Waals surface area contributed by atoms with E-state index in [4.69, 9.17) is 5.73 Å². The highest BCUT2D eigenvalue weighted by molar-refractivity contribution is 5.90. The number of halogens is 3. The van der Waals surface area contributed by atoms with Crippen LogP contribution in [-0.2, 0) is 0 Å². The van der Waals surface area contributed by atoms with E-state index < -0.39 is 12.6 Å². The second kappa shape index (κ2) is 5.29. The predicted molar refractivity (Wildman–Crippen MR) is 67.7 cm³/mol. The number of benzene rings is 1. The van der Waals surface area contributed by atoms with E-state index in [0.29, 0.717) is 17.0 Å². The zero-order valence-corrected chi connectivity index (χ0v) is 10.0. The number of hydrogen-bond acceptors (Lipinski definition) is 4. The Labute approximate surface area is 107 Å². The van der Waals surface area contributed by atoms with E-state index in [9.17, 15) is 13.2 Å². The number of nitrogens with two attached hydrogens (primary N) is 1. The molecule has 3 N–H and O–H groups in total. The van der Waals surface area contributed by atoms with Gasteiger partial charge in [0.15, 0.2) is 0 Å². The first-order chi connectivity index (χ1) is 8.96. The lowest BCUT2D eigenvalue weighted by Crippen LogP contribution is -2.11. The third kappa shape index (κ3) is 3.70. The summed E-state index contributed by atoms with van der Waals surface area (Å²) < 4.78 is 36.0. The summed E-state index contributed by atoms with van der Waals surface area (Å²) in [6.07, 6.45) is -3.57. The summed E-state index contributed by atoms with van der Waals surface area (Å²) in [5.41, 5.74) is 6.88.